The quantitative estimate of drug-likeness (QED) is 0.572. The van der Waals surface area contributed by atoms with E-state index in [0.717, 1.165) is 0 Å². The van der Waals surface area contributed by atoms with Gasteiger partial charge in [0.15, 0.2) is 0 Å². The van der Waals surface area contributed by atoms with E-state index >= 15 is 0 Å². The van der Waals surface area contributed by atoms with Crippen LogP contribution in [0.1, 0.15) is 12.8 Å². The van der Waals surface area contributed by atoms with Crippen molar-refractivity contribution in [1.82, 2.24) is 0 Å². The van der Waals surface area contributed by atoms with Gasteiger partial charge in [0.1, 0.15) is 0 Å². The number of thioether (sulfide) groups is 1. The molecule has 7 heteroatoms. The van der Waals surface area contributed by atoms with E-state index in [1.807, 2.05) is 0 Å². The molecule has 0 aromatic heterocycles. The van der Waals surface area contributed by atoms with Crippen LogP contribution < -0.4 is 5.73 Å². The molecule has 0 saturated carbocycles. The molecule has 0 atom stereocenters. The van der Waals surface area contributed by atoms with Gasteiger partial charge < -0.3 is 5.73 Å². The maximum absolute atomic E-state index is 12.2. The van der Waals surface area contributed by atoms with Crippen molar-refractivity contribution in [2.45, 2.75) is 24.3 Å². The normalized spacial score (nSPS) is 13.4. The predicted molar refractivity (Wildman–Crippen MR) is 41.7 cm³/mol. The average Bonchev–Trinajstić information content (AvgIpc) is 1.96. The van der Waals surface area contributed by atoms with E-state index in [-0.39, 0.29) is 23.9 Å². The van der Waals surface area contributed by atoms with Crippen molar-refractivity contribution in [3.05, 3.63) is 0 Å². The standard InChI is InChI=1S/C6H10F5NS/c7-5(8,9)6(10,11)13-4-2-1-3-12/h1-4,12H2. The van der Waals surface area contributed by atoms with Gasteiger partial charge in [-0.1, -0.05) is 11.8 Å². The predicted octanol–water partition coefficient (Wildman–Crippen LogP) is 2.61. The zero-order valence-corrected chi connectivity index (χ0v) is 7.52. The number of rotatable bonds is 5. The van der Waals surface area contributed by atoms with Crippen molar-refractivity contribution in [2.75, 3.05) is 12.3 Å². The molecular weight excluding hydrogens is 213 g/mol. The molecule has 0 fully saturated rings. The van der Waals surface area contributed by atoms with Crippen LogP contribution in [0.3, 0.4) is 0 Å². The Bertz CT molecular complexity index is 146. The molecule has 0 amide bonds. The van der Waals surface area contributed by atoms with E-state index in [0.29, 0.717) is 13.0 Å². The molecule has 0 aromatic rings. The molecule has 0 spiro atoms. The minimum atomic E-state index is -5.46. The average molecular weight is 223 g/mol. The fraction of sp³-hybridized carbons (Fsp3) is 1.00. The monoisotopic (exact) mass is 223 g/mol. The van der Waals surface area contributed by atoms with Gasteiger partial charge in [0.2, 0.25) is 0 Å². The van der Waals surface area contributed by atoms with Crippen LogP contribution in [-0.2, 0) is 0 Å². The van der Waals surface area contributed by atoms with Crippen molar-refractivity contribution >= 4 is 11.8 Å². The zero-order chi connectivity index (χ0) is 10.5. The number of nitrogens with two attached hydrogens (primary N) is 1. The van der Waals surface area contributed by atoms with Gasteiger partial charge in [0, 0.05) is 0 Å². The van der Waals surface area contributed by atoms with Crippen LogP contribution in [0.2, 0.25) is 0 Å². The summed E-state index contributed by atoms with van der Waals surface area (Å²) in [6, 6.07) is 0. The van der Waals surface area contributed by atoms with Gasteiger partial charge in [-0.15, -0.1) is 0 Å². The Balaban J connectivity index is 3.77. The lowest BCUT2D eigenvalue weighted by atomic mass is 10.3. The Morgan fingerprint density at radius 1 is 1.00 bits per heavy atom. The lowest BCUT2D eigenvalue weighted by Crippen LogP contribution is -2.33. The third-order valence-electron chi connectivity index (χ3n) is 1.21. The Kier molecular flexibility index (Phi) is 4.98. The first-order valence-electron chi connectivity index (χ1n) is 3.60. The molecule has 13 heavy (non-hydrogen) atoms. The second-order valence-corrected chi connectivity index (χ2v) is 3.57. The lowest BCUT2D eigenvalue weighted by Gasteiger charge is -2.18. The van der Waals surface area contributed by atoms with Crippen molar-refractivity contribution in [3.63, 3.8) is 0 Å². The fourth-order valence-electron chi connectivity index (χ4n) is 0.529. The summed E-state index contributed by atoms with van der Waals surface area (Å²) in [5.41, 5.74) is 5.05. The molecule has 0 radical (unpaired) electrons. The Morgan fingerprint density at radius 2 is 1.54 bits per heavy atom. The maximum atomic E-state index is 12.2. The second-order valence-electron chi connectivity index (χ2n) is 2.36. The third-order valence-corrected chi connectivity index (χ3v) is 2.30. The summed E-state index contributed by atoms with van der Waals surface area (Å²) in [5.74, 6) is -0.232. The molecule has 0 bridgehead atoms. The minimum absolute atomic E-state index is 0.232. The first kappa shape index (κ1) is 13.0. The summed E-state index contributed by atoms with van der Waals surface area (Å²) in [4.78, 5) is 0. The SMILES string of the molecule is NCCCCSC(F)(F)C(F)(F)F. The zero-order valence-electron chi connectivity index (χ0n) is 6.70. The summed E-state index contributed by atoms with van der Waals surface area (Å²) < 4.78 is 59.0. The highest BCUT2D eigenvalue weighted by Gasteiger charge is 2.57. The van der Waals surface area contributed by atoms with Gasteiger partial charge in [-0.2, -0.15) is 22.0 Å². The first-order chi connectivity index (χ1) is 5.81. The number of halogens is 5. The highest BCUT2D eigenvalue weighted by Crippen LogP contribution is 2.44. The number of unbranched alkanes of at least 4 members (excludes halogenated alkanes) is 1. The second kappa shape index (κ2) is 4.99. The highest BCUT2D eigenvalue weighted by molar-refractivity contribution is 8.00. The summed E-state index contributed by atoms with van der Waals surface area (Å²) >= 11 is -0.388. The van der Waals surface area contributed by atoms with Crippen LogP contribution in [-0.4, -0.2) is 23.7 Å². The first-order valence-corrected chi connectivity index (χ1v) is 4.58. The molecule has 0 unspecified atom stereocenters. The van der Waals surface area contributed by atoms with Gasteiger partial charge in [-0.3, -0.25) is 0 Å². The molecule has 0 rings (SSSR count). The van der Waals surface area contributed by atoms with Crippen LogP contribution in [0.4, 0.5) is 22.0 Å². The van der Waals surface area contributed by atoms with Crippen molar-refractivity contribution in [3.8, 4) is 0 Å². The summed E-state index contributed by atoms with van der Waals surface area (Å²) in [5, 5.41) is -4.64. The van der Waals surface area contributed by atoms with E-state index in [9.17, 15) is 22.0 Å². The van der Waals surface area contributed by atoms with Crippen LogP contribution in [0.25, 0.3) is 0 Å². The van der Waals surface area contributed by atoms with Crippen molar-refractivity contribution in [2.24, 2.45) is 5.73 Å². The Labute approximate surface area is 76.9 Å². The number of hydrogen-bond acceptors (Lipinski definition) is 2. The number of hydrogen-bond donors (Lipinski definition) is 1. The van der Waals surface area contributed by atoms with Crippen LogP contribution in [0.15, 0.2) is 0 Å². The molecule has 2 N–H and O–H groups in total. The van der Waals surface area contributed by atoms with Gasteiger partial charge in [0.05, 0.1) is 0 Å². The van der Waals surface area contributed by atoms with Gasteiger partial charge in [-0.05, 0) is 25.1 Å². The largest absolute Gasteiger partial charge is 0.464 e. The Hall–Kier alpha value is -0.0400. The van der Waals surface area contributed by atoms with E-state index in [2.05, 4.69) is 0 Å². The van der Waals surface area contributed by atoms with Gasteiger partial charge >= 0.3 is 11.4 Å². The van der Waals surface area contributed by atoms with E-state index in [1.165, 1.54) is 0 Å². The van der Waals surface area contributed by atoms with E-state index < -0.39 is 11.4 Å². The van der Waals surface area contributed by atoms with E-state index in [4.69, 9.17) is 5.73 Å². The number of alkyl halides is 5. The molecule has 0 aliphatic carbocycles. The van der Waals surface area contributed by atoms with Crippen molar-refractivity contribution in [1.29, 1.82) is 0 Å². The molecular formula is C6H10F5NS. The molecule has 80 valence electrons. The minimum Gasteiger partial charge on any atom is -0.330 e. The molecule has 0 aliphatic rings. The molecule has 0 aliphatic heterocycles. The summed E-state index contributed by atoms with van der Waals surface area (Å²) in [7, 11) is 0. The highest BCUT2D eigenvalue weighted by atomic mass is 32.2. The summed E-state index contributed by atoms with van der Waals surface area (Å²) in [6.45, 7) is 0.304. The fourth-order valence-corrected chi connectivity index (χ4v) is 1.30. The van der Waals surface area contributed by atoms with Gasteiger partial charge in [-0.25, -0.2) is 0 Å². The van der Waals surface area contributed by atoms with Gasteiger partial charge in [0.25, 0.3) is 0 Å². The van der Waals surface area contributed by atoms with Crippen molar-refractivity contribution < 1.29 is 22.0 Å². The van der Waals surface area contributed by atoms with Crippen LogP contribution in [0, 0.1) is 0 Å². The summed E-state index contributed by atoms with van der Waals surface area (Å²) in [6.07, 6.45) is -4.73. The molecule has 1 nitrogen and oxygen atoms in total. The Morgan fingerprint density at radius 3 is 1.92 bits per heavy atom. The maximum Gasteiger partial charge on any atom is 0.464 e. The van der Waals surface area contributed by atoms with Crippen LogP contribution >= 0.6 is 11.8 Å². The molecule has 0 aromatic carbocycles. The van der Waals surface area contributed by atoms with Crippen LogP contribution in [0.5, 0.6) is 0 Å². The molecule has 0 saturated heterocycles. The lowest BCUT2D eigenvalue weighted by molar-refractivity contribution is -0.237. The smallest absolute Gasteiger partial charge is 0.330 e. The topological polar surface area (TPSA) is 26.0 Å². The van der Waals surface area contributed by atoms with E-state index in [1.54, 1.807) is 0 Å². The third kappa shape index (κ3) is 4.66. The molecule has 0 heterocycles.